The van der Waals surface area contributed by atoms with Gasteiger partial charge in [0.15, 0.2) is 0 Å². The lowest BCUT2D eigenvalue weighted by Gasteiger charge is -2.33. The van der Waals surface area contributed by atoms with E-state index in [0.29, 0.717) is 25.4 Å². The smallest absolute Gasteiger partial charge is 0.328 e. The van der Waals surface area contributed by atoms with Crippen molar-refractivity contribution in [2.24, 2.45) is 5.92 Å². The van der Waals surface area contributed by atoms with Crippen molar-refractivity contribution in [3.8, 4) is 0 Å². The van der Waals surface area contributed by atoms with Gasteiger partial charge in [-0.1, -0.05) is 23.2 Å². The number of halogens is 2. The summed E-state index contributed by atoms with van der Waals surface area (Å²) in [5.74, 6) is -0.335. The van der Waals surface area contributed by atoms with Gasteiger partial charge in [0.05, 0.1) is 23.7 Å². The summed E-state index contributed by atoms with van der Waals surface area (Å²) >= 11 is 12.1. The maximum atomic E-state index is 13.4. The molecule has 1 aromatic carbocycles. The maximum Gasteiger partial charge on any atom is 0.328 e. The van der Waals surface area contributed by atoms with E-state index in [4.69, 9.17) is 32.9 Å². The normalized spacial score (nSPS) is 18.3. The molecule has 2 fully saturated rings. The zero-order valence-corrected chi connectivity index (χ0v) is 29.5. The first-order valence-electron chi connectivity index (χ1n) is 16.1. The van der Waals surface area contributed by atoms with Crippen LogP contribution in [0.5, 0.6) is 0 Å². The number of anilines is 1. The molecule has 0 radical (unpaired) electrons. The number of pyridine rings is 1. The van der Waals surface area contributed by atoms with E-state index < -0.39 is 34.0 Å². The molecule has 2 aromatic heterocycles. The molecule has 4 heterocycles. The van der Waals surface area contributed by atoms with Gasteiger partial charge >= 0.3 is 5.97 Å². The molecule has 48 heavy (non-hydrogen) atoms. The molecule has 5 rings (SSSR count). The number of fused-ring (bicyclic) bond motifs is 1. The number of carbonyl (C=O) groups excluding carboxylic acids is 3. The Labute approximate surface area is 290 Å². The Morgan fingerprint density at radius 1 is 1.06 bits per heavy atom. The molecule has 2 N–H and O–H groups in total. The number of carbonyl (C=O) groups is 3. The molecule has 260 valence electrons. The van der Waals surface area contributed by atoms with Gasteiger partial charge in [-0.3, -0.25) is 14.6 Å². The molecule has 0 saturated carbocycles. The minimum atomic E-state index is -4.10. The SMILES string of the molecule is COC(=O)[C@H](CCC(=O)N1CCC(Cn2c(NC(C)C)nc3cnccc32)CC1)NC(=O)[C@@H]1CCCN1S(=O)(=O)c1cc(Cl)cc(Cl)c1. The van der Waals surface area contributed by atoms with Gasteiger partial charge < -0.3 is 24.8 Å². The molecule has 0 unspecified atom stereocenters. The van der Waals surface area contributed by atoms with Gasteiger partial charge in [0.1, 0.15) is 17.6 Å². The number of benzene rings is 1. The van der Waals surface area contributed by atoms with Gasteiger partial charge in [-0.2, -0.15) is 4.31 Å². The summed E-state index contributed by atoms with van der Waals surface area (Å²) in [5, 5.41) is 6.37. The predicted molar refractivity (Wildman–Crippen MR) is 182 cm³/mol. The number of rotatable bonds is 12. The van der Waals surface area contributed by atoms with Crippen LogP contribution in [0.15, 0.2) is 41.6 Å². The van der Waals surface area contributed by atoms with E-state index in [1.54, 1.807) is 17.3 Å². The highest BCUT2D eigenvalue weighted by Gasteiger charge is 2.41. The number of piperidine rings is 1. The van der Waals surface area contributed by atoms with Crippen LogP contribution in [0.3, 0.4) is 0 Å². The van der Waals surface area contributed by atoms with Gasteiger partial charge in [-0.25, -0.2) is 18.2 Å². The molecule has 3 aromatic rings. The largest absolute Gasteiger partial charge is 0.467 e. The molecule has 2 saturated heterocycles. The van der Waals surface area contributed by atoms with Crippen molar-refractivity contribution in [1.82, 2.24) is 29.1 Å². The molecule has 0 spiro atoms. The monoisotopic (exact) mass is 721 g/mol. The first kappa shape index (κ1) is 35.8. The van der Waals surface area contributed by atoms with Crippen molar-refractivity contribution in [3.05, 3.63) is 46.7 Å². The van der Waals surface area contributed by atoms with Gasteiger partial charge in [0.25, 0.3) is 0 Å². The van der Waals surface area contributed by atoms with E-state index in [0.717, 1.165) is 40.7 Å². The second-order valence-corrected chi connectivity index (χ2v) is 15.3. The van der Waals surface area contributed by atoms with E-state index >= 15 is 0 Å². The number of imidazole rings is 1. The minimum absolute atomic E-state index is 0.0137. The fraction of sp³-hybridized carbons (Fsp3) is 0.531. The fourth-order valence-corrected chi connectivity index (χ4v) is 8.73. The Morgan fingerprint density at radius 3 is 2.44 bits per heavy atom. The number of methoxy groups -OCH3 is 1. The highest BCUT2D eigenvalue weighted by atomic mass is 35.5. The Bertz CT molecular complexity index is 1740. The summed E-state index contributed by atoms with van der Waals surface area (Å²) in [6.45, 7) is 6.15. The van der Waals surface area contributed by atoms with Crippen LogP contribution < -0.4 is 10.6 Å². The summed E-state index contributed by atoms with van der Waals surface area (Å²) < 4.78 is 35.0. The number of hydrogen-bond donors (Lipinski definition) is 2. The average molecular weight is 723 g/mol. The summed E-state index contributed by atoms with van der Waals surface area (Å²) in [4.78, 5) is 49.9. The van der Waals surface area contributed by atoms with Crippen LogP contribution in [0.1, 0.15) is 52.4 Å². The molecular weight excluding hydrogens is 681 g/mol. The van der Waals surface area contributed by atoms with Crippen molar-refractivity contribution < 1.29 is 27.5 Å². The number of likely N-dealkylation sites (tertiary alicyclic amines) is 1. The first-order chi connectivity index (χ1) is 22.9. The third kappa shape index (κ3) is 8.21. The average Bonchev–Trinajstić information content (AvgIpc) is 3.68. The van der Waals surface area contributed by atoms with Gasteiger partial charge in [0.2, 0.25) is 27.8 Å². The number of nitrogens with zero attached hydrogens (tertiary/aromatic N) is 5. The Hall–Kier alpha value is -3.46. The number of nitrogens with one attached hydrogen (secondary N) is 2. The number of ether oxygens (including phenoxy) is 1. The highest BCUT2D eigenvalue weighted by molar-refractivity contribution is 7.89. The van der Waals surface area contributed by atoms with Crippen molar-refractivity contribution in [2.75, 3.05) is 32.1 Å². The molecule has 2 amide bonds. The quantitative estimate of drug-likeness (QED) is 0.263. The Balaban J connectivity index is 1.17. The Kier molecular flexibility index (Phi) is 11.5. The zero-order valence-electron chi connectivity index (χ0n) is 27.2. The van der Waals surface area contributed by atoms with Gasteiger partial charge in [-0.05, 0) is 76.1 Å². The topological polar surface area (TPSA) is 156 Å². The minimum Gasteiger partial charge on any atom is -0.467 e. The third-order valence-electron chi connectivity index (χ3n) is 8.77. The predicted octanol–water partition coefficient (Wildman–Crippen LogP) is 4.09. The van der Waals surface area contributed by atoms with Crippen molar-refractivity contribution in [2.45, 2.75) is 81.9 Å². The van der Waals surface area contributed by atoms with Gasteiger partial charge in [0, 0.05) is 54.9 Å². The number of amides is 2. The molecule has 0 bridgehead atoms. The van der Waals surface area contributed by atoms with E-state index in [1.807, 2.05) is 6.07 Å². The van der Waals surface area contributed by atoms with Crippen LogP contribution in [-0.2, 0) is 35.7 Å². The molecular formula is C32H41Cl2N7O6S. The molecule has 16 heteroatoms. The number of esters is 1. The number of sulfonamides is 1. The van der Waals surface area contributed by atoms with Crippen molar-refractivity contribution in [1.29, 1.82) is 0 Å². The highest BCUT2D eigenvalue weighted by Crippen LogP contribution is 2.30. The van der Waals surface area contributed by atoms with E-state index in [9.17, 15) is 22.8 Å². The second-order valence-electron chi connectivity index (χ2n) is 12.5. The van der Waals surface area contributed by atoms with E-state index in [1.165, 1.54) is 25.3 Å². The summed E-state index contributed by atoms with van der Waals surface area (Å²) in [6.07, 6.45) is 5.87. The van der Waals surface area contributed by atoms with Crippen molar-refractivity contribution in [3.63, 3.8) is 0 Å². The lowest BCUT2D eigenvalue weighted by atomic mass is 9.96. The van der Waals surface area contributed by atoms with Gasteiger partial charge in [-0.15, -0.1) is 0 Å². The van der Waals surface area contributed by atoms with E-state index in [2.05, 4.69) is 34.0 Å². The van der Waals surface area contributed by atoms with Crippen LogP contribution in [0.25, 0.3) is 11.0 Å². The molecule has 13 nitrogen and oxygen atoms in total. The third-order valence-corrected chi connectivity index (χ3v) is 11.1. The zero-order chi connectivity index (χ0) is 34.6. The summed E-state index contributed by atoms with van der Waals surface area (Å²) in [7, 11) is -2.90. The number of hydrogen-bond acceptors (Lipinski definition) is 9. The summed E-state index contributed by atoms with van der Waals surface area (Å²) in [6, 6.07) is 3.98. The number of aromatic nitrogens is 3. The fourth-order valence-electron chi connectivity index (χ4n) is 6.35. The summed E-state index contributed by atoms with van der Waals surface area (Å²) in [5.41, 5.74) is 1.84. The van der Waals surface area contributed by atoms with E-state index in [-0.39, 0.29) is 52.7 Å². The second kappa shape index (κ2) is 15.4. The lowest BCUT2D eigenvalue weighted by Crippen LogP contribution is -2.51. The standard InChI is InChI=1S/C32H41Cl2N7O6S/c1-20(2)36-32-38-26-18-35-11-8-27(26)40(32)19-21-9-13-39(14-10-21)29(42)7-6-25(31(44)47-3)37-30(43)28-5-4-12-41(28)48(45,46)24-16-22(33)15-23(34)17-24/h8,11,15-18,20-21,25,28H,4-7,9-10,12-14,19H2,1-3H3,(H,36,38)(H,37,43)/t25-,28-/m0/s1. The van der Waals surface area contributed by atoms with Crippen LogP contribution in [0, 0.1) is 5.92 Å². The first-order valence-corrected chi connectivity index (χ1v) is 18.3. The Morgan fingerprint density at radius 2 is 1.77 bits per heavy atom. The lowest BCUT2D eigenvalue weighted by molar-refractivity contribution is -0.146. The molecule has 0 aliphatic carbocycles. The van der Waals surface area contributed by atoms with Crippen LogP contribution >= 0.6 is 23.2 Å². The van der Waals surface area contributed by atoms with Crippen LogP contribution in [0.2, 0.25) is 10.0 Å². The van der Waals surface area contributed by atoms with Crippen LogP contribution in [0.4, 0.5) is 5.95 Å². The molecule has 2 atom stereocenters. The maximum absolute atomic E-state index is 13.4. The van der Waals surface area contributed by atoms with Crippen LogP contribution in [-0.4, -0.2) is 94.8 Å². The van der Waals surface area contributed by atoms with Crippen molar-refractivity contribution >= 4 is 68.0 Å². The molecule has 2 aliphatic heterocycles. The molecule has 2 aliphatic rings.